The molecule has 3 rings (SSSR count). The Hall–Kier alpha value is -2.78. The van der Waals surface area contributed by atoms with Gasteiger partial charge in [0.15, 0.2) is 6.10 Å². The molecule has 32 heavy (non-hydrogen) atoms. The number of thiazole rings is 1. The van der Waals surface area contributed by atoms with Crippen LogP contribution in [-0.4, -0.2) is 40.8 Å². The molecule has 1 atom stereocenters. The molecular formula is C23H27N3O4S2. The van der Waals surface area contributed by atoms with Gasteiger partial charge in [0.1, 0.15) is 9.88 Å². The number of thiophene rings is 1. The number of ether oxygens (including phenoxy) is 1. The smallest absolute Gasteiger partial charge is 0.349 e. The number of nitrogens with one attached hydrogen (secondary N) is 1. The number of esters is 1. The molecule has 2 heterocycles. The van der Waals surface area contributed by atoms with Crippen LogP contribution in [0.2, 0.25) is 0 Å². The van der Waals surface area contributed by atoms with E-state index in [4.69, 9.17) is 4.74 Å². The first-order valence-electron chi connectivity index (χ1n) is 10.2. The summed E-state index contributed by atoms with van der Waals surface area (Å²) in [6, 6.07) is 9.53. The number of hydrogen-bond donors (Lipinski definition) is 1. The standard InChI is InChI=1S/C23H27N3O4S2/c1-13-11-17(25-22(29)23(3,4)5)32-19(13)21(28)30-14(2)20(27)26(6)12-18-24-15-9-7-8-10-16(15)31-18/h7-11,14H,12H2,1-6H3,(H,25,29). The molecule has 0 aliphatic rings. The largest absolute Gasteiger partial charge is 0.448 e. The Bertz CT molecular complexity index is 1130. The van der Waals surface area contributed by atoms with E-state index in [-0.39, 0.29) is 11.8 Å². The molecule has 9 heteroatoms. The number of fused-ring (bicyclic) bond motifs is 1. The van der Waals surface area contributed by atoms with Gasteiger partial charge in [0.25, 0.3) is 5.91 Å². The lowest BCUT2D eigenvalue weighted by atomic mass is 9.96. The van der Waals surface area contributed by atoms with Crippen molar-refractivity contribution in [1.29, 1.82) is 0 Å². The molecule has 0 aliphatic heterocycles. The highest BCUT2D eigenvalue weighted by Crippen LogP contribution is 2.29. The molecule has 1 aromatic carbocycles. The number of para-hydroxylation sites is 1. The van der Waals surface area contributed by atoms with Crippen molar-refractivity contribution >= 4 is 55.7 Å². The quantitative estimate of drug-likeness (QED) is 0.517. The van der Waals surface area contributed by atoms with Gasteiger partial charge in [-0.05, 0) is 37.6 Å². The van der Waals surface area contributed by atoms with Gasteiger partial charge in [0, 0.05) is 12.5 Å². The van der Waals surface area contributed by atoms with Crippen LogP contribution in [0.3, 0.4) is 0 Å². The number of amides is 2. The van der Waals surface area contributed by atoms with Crippen molar-refractivity contribution in [2.24, 2.45) is 5.41 Å². The fourth-order valence-electron chi connectivity index (χ4n) is 2.89. The molecular weight excluding hydrogens is 446 g/mol. The lowest BCUT2D eigenvalue weighted by Gasteiger charge is -2.20. The van der Waals surface area contributed by atoms with Crippen molar-refractivity contribution in [1.82, 2.24) is 9.88 Å². The summed E-state index contributed by atoms with van der Waals surface area (Å²) in [6.07, 6.45) is -0.948. The van der Waals surface area contributed by atoms with Crippen molar-refractivity contribution in [2.75, 3.05) is 12.4 Å². The van der Waals surface area contributed by atoms with Crippen LogP contribution >= 0.6 is 22.7 Å². The average Bonchev–Trinajstić information content (AvgIpc) is 3.28. The van der Waals surface area contributed by atoms with Crippen LogP contribution in [0.1, 0.15) is 47.9 Å². The zero-order valence-corrected chi connectivity index (χ0v) is 20.6. The first-order chi connectivity index (χ1) is 15.0. The van der Waals surface area contributed by atoms with E-state index in [1.54, 1.807) is 27.0 Å². The van der Waals surface area contributed by atoms with E-state index < -0.39 is 17.5 Å². The average molecular weight is 474 g/mol. The second-order valence-electron chi connectivity index (χ2n) is 8.64. The maximum absolute atomic E-state index is 12.7. The van der Waals surface area contributed by atoms with E-state index in [1.165, 1.54) is 16.2 Å². The minimum absolute atomic E-state index is 0.140. The maximum atomic E-state index is 12.7. The molecule has 2 amide bonds. The number of benzene rings is 1. The fourth-order valence-corrected chi connectivity index (χ4v) is 4.86. The van der Waals surface area contributed by atoms with Crippen molar-refractivity contribution in [3.8, 4) is 0 Å². The van der Waals surface area contributed by atoms with Gasteiger partial charge in [-0.3, -0.25) is 9.59 Å². The summed E-state index contributed by atoms with van der Waals surface area (Å²) in [5.41, 5.74) is 1.04. The lowest BCUT2D eigenvalue weighted by Crippen LogP contribution is -2.37. The summed E-state index contributed by atoms with van der Waals surface area (Å²) in [5, 5.41) is 4.21. The van der Waals surface area contributed by atoms with Crippen molar-refractivity contribution < 1.29 is 19.1 Å². The van der Waals surface area contributed by atoms with Crippen molar-refractivity contribution in [3.05, 3.63) is 45.8 Å². The Morgan fingerprint density at radius 1 is 1.19 bits per heavy atom. The van der Waals surface area contributed by atoms with Gasteiger partial charge in [-0.2, -0.15) is 0 Å². The summed E-state index contributed by atoms with van der Waals surface area (Å²) in [7, 11) is 1.66. The zero-order valence-electron chi connectivity index (χ0n) is 19.0. The number of likely N-dealkylation sites (N-methyl/N-ethyl adjacent to an activating group) is 1. The van der Waals surface area contributed by atoms with Crippen LogP contribution in [0.15, 0.2) is 30.3 Å². The highest BCUT2D eigenvalue weighted by atomic mass is 32.1. The number of anilines is 1. The Morgan fingerprint density at radius 2 is 1.88 bits per heavy atom. The Balaban J connectivity index is 1.61. The van der Waals surface area contributed by atoms with E-state index in [1.807, 2.05) is 45.0 Å². The summed E-state index contributed by atoms with van der Waals surface area (Å²) in [6.45, 7) is 9.11. The van der Waals surface area contributed by atoms with Crippen LogP contribution in [-0.2, 0) is 20.9 Å². The number of rotatable bonds is 6. The van der Waals surface area contributed by atoms with Gasteiger partial charge < -0.3 is 15.0 Å². The van der Waals surface area contributed by atoms with Crippen LogP contribution in [0, 0.1) is 12.3 Å². The molecule has 0 spiro atoms. The predicted molar refractivity (Wildman–Crippen MR) is 128 cm³/mol. The van der Waals surface area contributed by atoms with E-state index in [0.29, 0.717) is 22.0 Å². The third-order valence-electron chi connectivity index (χ3n) is 4.74. The fraction of sp³-hybridized carbons (Fsp3) is 0.391. The summed E-state index contributed by atoms with van der Waals surface area (Å²) in [5.74, 6) is -1.04. The molecule has 0 saturated heterocycles. The molecule has 2 aromatic heterocycles. The van der Waals surface area contributed by atoms with Crippen molar-refractivity contribution in [3.63, 3.8) is 0 Å². The molecule has 0 radical (unpaired) electrons. The van der Waals surface area contributed by atoms with E-state index in [9.17, 15) is 14.4 Å². The molecule has 3 aromatic rings. The Morgan fingerprint density at radius 3 is 2.53 bits per heavy atom. The van der Waals surface area contributed by atoms with Crippen LogP contribution in [0.4, 0.5) is 5.00 Å². The monoisotopic (exact) mass is 473 g/mol. The number of aromatic nitrogens is 1. The predicted octanol–water partition coefficient (Wildman–Crippen LogP) is 4.85. The van der Waals surface area contributed by atoms with Gasteiger partial charge in [0.05, 0.1) is 21.8 Å². The minimum atomic E-state index is -0.948. The third kappa shape index (κ3) is 5.52. The van der Waals surface area contributed by atoms with Crippen LogP contribution in [0.5, 0.6) is 0 Å². The number of aryl methyl sites for hydroxylation is 1. The van der Waals surface area contributed by atoms with Gasteiger partial charge >= 0.3 is 5.97 Å². The number of carbonyl (C=O) groups is 3. The molecule has 7 nitrogen and oxygen atoms in total. The second-order valence-corrected chi connectivity index (χ2v) is 10.8. The molecule has 0 bridgehead atoms. The Kier molecular flexibility index (Phi) is 7.00. The molecule has 170 valence electrons. The van der Waals surface area contributed by atoms with Crippen molar-refractivity contribution in [2.45, 2.75) is 47.3 Å². The first-order valence-corrected chi connectivity index (χ1v) is 11.8. The summed E-state index contributed by atoms with van der Waals surface area (Å²) in [4.78, 5) is 44.0. The van der Waals surface area contributed by atoms with Crippen LogP contribution in [0.25, 0.3) is 10.2 Å². The molecule has 0 saturated carbocycles. The zero-order chi connectivity index (χ0) is 23.6. The first kappa shape index (κ1) is 23.9. The summed E-state index contributed by atoms with van der Waals surface area (Å²) >= 11 is 2.67. The van der Waals surface area contributed by atoms with Gasteiger partial charge in [-0.15, -0.1) is 22.7 Å². The maximum Gasteiger partial charge on any atom is 0.349 e. The normalized spacial score (nSPS) is 12.4. The highest BCUT2D eigenvalue weighted by Gasteiger charge is 2.26. The second kappa shape index (κ2) is 9.38. The van der Waals surface area contributed by atoms with E-state index >= 15 is 0 Å². The number of hydrogen-bond acceptors (Lipinski definition) is 7. The number of nitrogens with zero attached hydrogens (tertiary/aromatic N) is 2. The van der Waals surface area contributed by atoms with Gasteiger partial charge in [-0.1, -0.05) is 32.9 Å². The summed E-state index contributed by atoms with van der Waals surface area (Å²) < 4.78 is 6.49. The number of carbonyl (C=O) groups excluding carboxylic acids is 3. The molecule has 0 aliphatic carbocycles. The van der Waals surface area contributed by atoms with Crippen LogP contribution < -0.4 is 5.32 Å². The molecule has 1 N–H and O–H groups in total. The minimum Gasteiger partial charge on any atom is -0.448 e. The van der Waals surface area contributed by atoms with E-state index in [0.717, 1.165) is 26.6 Å². The highest BCUT2D eigenvalue weighted by molar-refractivity contribution is 7.18. The van der Waals surface area contributed by atoms with Gasteiger partial charge in [-0.25, -0.2) is 9.78 Å². The third-order valence-corrected chi connectivity index (χ3v) is 6.89. The lowest BCUT2D eigenvalue weighted by molar-refractivity contribution is -0.139. The molecule has 0 fully saturated rings. The Labute approximate surface area is 195 Å². The van der Waals surface area contributed by atoms with E-state index in [2.05, 4.69) is 10.3 Å². The molecule has 1 unspecified atom stereocenters. The van der Waals surface area contributed by atoms with Gasteiger partial charge in [0.2, 0.25) is 5.91 Å². The SMILES string of the molecule is Cc1cc(NC(=O)C(C)(C)C)sc1C(=O)OC(C)C(=O)N(C)Cc1nc2ccccc2s1. The topological polar surface area (TPSA) is 88.6 Å².